The smallest absolute Gasteiger partial charge is 0.409 e. The molecule has 0 saturated heterocycles. The molecule has 0 radical (unpaired) electrons. The summed E-state index contributed by atoms with van der Waals surface area (Å²) in [5.41, 5.74) is -0.886. The zero-order valence-corrected chi connectivity index (χ0v) is 8.45. The Morgan fingerprint density at radius 3 is 2.77 bits per heavy atom. The lowest BCUT2D eigenvalue weighted by molar-refractivity contribution is 0.207. The monoisotopic (exact) mass is 218 g/mol. The first kappa shape index (κ1) is 10.2. The molecule has 13 heavy (non-hydrogen) atoms. The van der Waals surface area contributed by atoms with E-state index >= 15 is 0 Å². The number of halogens is 1. The Balaban J connectivity index is 2.75. The van der Waals surface area contributed by atoms with Gasteiger partial charge in [-0.25, -0.2) is 4.79 Å². The Labute approximate surface area is 86.0 Å². The van der Waals surface area contributed by atoms with Crippen LogP contribution in [-0.4, -0.2) is 17.4 Å². The molecule has 3 nitrogen and oxygen atoms in total. The van der Waals surface area contributed by atoms with Gasteiger partial charge in [-0.3, -0.25) is 0 Å². The number of methoxy groups -OCH3 is 1. The van der Waals surface area contributed by atoms with Crippen LogP contribution in [0.25, 0.3) is 0 Å². The van der Waals surface area contributed by atoms with E-state index in [1.165, 1.54) is 0 Å². The van der Waals surface area contributed by atoms with Crippen LogP contribution in [-0.2, 0) is 9.47 Å². The van der Waals surface area contributed by atoms with E-state index in [-0.39, 0.29) is 0 Å². The zero-order valence-electron chi connectivity index (χ0n) is 6.87. The SMILES string of the molecule is COC1=CC=C(OC(=O)Cl)C(=S)C1. The Hall–Kier alpha value is -0.870. The third kappa shape index (κ3) is 2.82. The van der Waals surface area contributed by atoms with Gasteiger partial charge in [-0.2, -0.15) is 0 Å². The van der Waals surface area contributed by atoms with E-state index in [0.717, 1.165) is 5.76 Å². The van der Waals surface area contributed by atoms with Crippen molar-refractivity contribution in [3.05, 3.63) is 23.7 Å². The fourth-order valence-electron chi connectivity index (χ4n) is 0.883. The Bertz CT molecular complexity index is 307. The molecule has 1 rings (SSSR count). The number of rotatable bonds is 2. The minimum atomic E-state index is -0.886. The first-order valence-corrected chi connectivity index (χ1v) is 4.27. The Morgan fingerprint density at radius 2 is 2.31 bits per heavy atom. The molecule has 0 amide bonds. The maximum atomic E-state index is 10.4. The average Bonchev–Trinajstić information content (AvgIpc) is 2.08. The second kappa shape index (κ2) is 4.39. The summed E-state index contributed by atoms with van der Waals surface area (Å²) in [6.45, 7) is 0. The highest BCUT2D eigenvalue weighted by atomic mass is 35.5. The molecule has 0 atom stereocenters. The molecule has 0 bridgehead atoms. The maximum absolute atomic E-state index is 10.4. The Morgan fingerprint density at radius 1 is 1.62 bits per heavy atom. The van der Waals surface area contributed by atoms with E-state index in [9.17, 15) is 4.79 Å². The number of carbonyl (C=O) groups is 1. The van der Waals surface area contributed by atoms with Crippen LogP contribution in [0.3, 0.4) is 0 Å². The summed E-state index contributed by atoms with van der Waals surface area (Å²) < 4.78 is 9.61. The van der Waals surface area contributed by atoms with Gasteiger partial charge < -0.3 is 9.47 Å². The van der Waals surface area contributed by atoms with Gasteiger partial charge >= 0.3 is 5.43 Å². The van der Waals surface area contributed by atoms with E-state index in [1.54, 1.807) is 19.3 Å². The summed E-state index contributed by atoms with van der Waals surface area (Å²) in [5.74, 6) is 1.05. The van der Waals surface area contributed by atoms with Crippen LogP contribution in [0.15, 0.2) is 23.7 Å². The van der Waals surface area contributed by atoms with Crippen molar-refractivity contribution in [2.45, 2.75) is 6.42 Å². The number of allylic oxidation sites excluding steroid dienone is 4. The van der Waals surface area contributed by atoms with Crippen LogP contribution in [0, 0.1) is 0 Å². The van der Waals surface area contributed by atoms with Crippen molar-refractivity contribution < 1.29 is 14.3 Å². The molecule has 5 heteroatoms. The van der Waals surface area contributed by atoms with Gasteiger partial charge in [0.05, 0.1) is 12.0 Å². The van der Waals surface area contributed by atoms with Crippen LogP contribution in [0.1, 0.15) is 6.42 Å². The molecule has 0 fully saturated rings. The standard InChI is InChI=1S/C8H7ClO3S/c1-11-5-2-3-6(7(13)4-5)12-8(9)10/h2-3H,4H2,1H3. The van der Waals surface area contributed by atoms with Crippen molar-refractivity contribution in [2.75, 3.05) is 7.11 Å². The molecule has 0 saturated carbocycles. The summed E-state index contributed by atoms with van der Waals surface area (Å²) in [6, 6.07) is 0. The number of ether oxygens (including phenoxy) is 2. The van der Waals surface area contributed by atoms with Crippen molar-refractivity contribution in [2.24, 2.45) is 0 Å². The molecule has 0 aromatic rings. The molecule has 0 heterocycles. The van der Waals surface area contributed by atoms with E-state index in [1.807, 2.05) is 0 Å². The van der Waals surface area contributed by atoms with Crippen LogP contribution < -0.4 is 0 Å². The zero-order chi connectivity index (χ0) is 9.84. The molecule has 70 valence electrons. The molecule has 1 aliphatic carbocycles. The lowest BCUT2D eigenvalue weighted by Gasteiger charge is -2.13. The van der Waals surface area contributed by atoms with Gasteiger partial charge in [0, 0.05) is 18.0 Å². The average molecular weight is 219 g/mol. The predicted octanol–water partition coefficient (Wildman–Crippen LogP) is 2.55. The minimum absolute atomic E-state index is 0.316. The highest BCUT2D eigenvalue weighted by molar-refractivity contribution is 7.80. The fourth-order valence-corrected chi connectivity index (χ4v) is 1.22. The quantitative estimate of drug-likeness (QED) is 0.527. The van der Waals surface area contributed by atoms with Crippen molar-refractivity contribution in [3.63, 3.8) is 0 Å². The molecule has 0 aromatic carbocycles. The number of thiocarbonyl (C=S) groups is 1. The number of hydrogen-bond donors (Lipinski definition) is 0. The van der Waals surface area contributed by atoms with Gasteiger partial charge in [0.1, 0.15) is 11.5 Å². The topological polar surface area (TPSA) is 35.5 Å². The van der Waals surface area contributed by atoms with Gasteiger partial charge in [0.15, 0.2) is 0 Å². The third-order valence-electron chi connectivity index (χ3n) is 1.48. The van der Waals surface area contributed by atoms with Gasteiger partial charge in [0.25, 0.3) is 0 Å². The first-order chi connectivity index (χ1) is 6.13. The van der Waals surface area contributed by atoms with Crippen LogP contribution in [0.2, 0.25) is 0 Å². The number of hydrogen-bond acceptors (Lipinski definition) is 4. The Kier molecular flexibility index (Phi) is 3.45. The second-order valence-electron chi connectivity index (χ2n) is 2.31. The summed E-state index contributed by atoms with van der Waals surface area (Å²) in [5, 5.41) is 0. The highest BCUT2D eigenvalue weighted by Gasteiger charge is 2.15. The summed E-state index contributed by atoms with van der Waals surface area (Å²) in [7, 11) is 1.56. The van der Waals surface area contributed by atoms with Crippen molar-refractivity contribution >= 4 is 34.1 Å². The van der Waals surface area contributed by atoms with Crippen LogP contribution in [0.4, 0.5) is 4.79 Å². The third-order valence-corrected chi connectivity index (χ3v) is 1.91. The van der Waals surface area contributed by atoms with E-state index in [0.29, 0.717) is 17.0 Å². The van der Waals surface area contributed by atoms with Gasteiger partial charge in [-0.15, -0.1) is 0 Å². The largest absolute Gasteiger partial charge is 0.501 e. The predicted molar refractivity (Wildman–Crippen MR) is 52.7 cm³/mol. The molecular formula is C8H7ClO3S. The van der Waals surface area contributed by atoms with Gasteiger partial charge in [0.2, 0.25) is 0 Å². The molecule has 0 spiro atoms. The highest BCUT2D eigenvalue weighted by Crippen LogP contribution is 2.18. The second-order valence-corrected chi connectivity index (χ2v) is 3.11. The van der Waals surface area contributed by atoms with E-state index < -0.39 is 5.43 Å². The first-order valence-electron chi connectivity index (χ1n) is 3.49. The van der Waals surface area contributed by atoms with Gasteiger partial charge in [-0.05, 0) is 12.2 Å². The summed E-state index contributed by atoms with van der Waals surface area (Å²) in [4.78, 5) is 10.9. The number of carbonyl (C=O) groups excluding carboxylic acids is 1. The fraction of sp³-hybridized carbons (Fsp3) is 0.250. The normalized spacial score (nSPS) is 16.0. The molecule has 0 aliphatic heterocycles. The van der Waals surface area contributed by atoms with Gasteiger partial charge in [-0.1, -0.05) is 12.2 Å². The minimum Gasteiger partial charge on any atom is -0.501 e. The van der Waals surface area contributed by atoms with E-state index in [4.69, 9.17) is 28.6 Å². The van der Waals surface area contributed by atoms with Crippen molar-refractivity contribution in [1.82, 2.24) is 0 Å². The van der Waals surface area contributed by atoms with Crippen molar-refractivity contribution in [1.29, 1.82) is 0 Å². The van der Waals surface area contributed by atoms with Crippen LogP contribution in [0.5, 0.6) is 0 Å². The molecule has 0 unspecified atom stereocenters. The summed E-state index contributed by atoms with van der Waals surface area (Å²) in [6.07, 6.45) is 3.71. The maximum Gasteiger partial charge on any atom is 0.409 e. The molecule has 0 N–H and O–H groups in total. The lowest BCUT2D eigenvalue weighted by atomic mass is 10.1. The lowest BCUT2D eigenvalue weighted by Crippen LogP contribution is -2.10. The van der Waals surface area contributed by atoms with Crippen LogP contribution >= 0.6 is 23.8 Å². The summed E-state index contributed by atoms with van der Waals surface area (Å²) >= 11 is 10.00. The molecular weight excluding hydrogens is 212 g/mol. The van der Waals surface area contributed by atoms with E-state index in [2.05, 4.69) is 4.74 Å². The molecule has 1 aliphatic rings. The molecule has 0 aromatic heterocycles. The van der Waals surface area contributed by atoms with Crippen molar-refractivity contribution in [3.8, 4) is 0 Å².